The highest BCUT2D eigenvalue weighted by Gasteiger charge is 2.24. The Morgan fingerprint density at radius 3 is 2.61 bits per heavy atom. The first-order chi connectivity index (χ1) is 11.0. The molecule has 1 aromatic heterocycles. The van der Waals surface area contributed by atoms with Gasteiger partial charge in [0.1, 0.15) is 5.15 Å². The van der Waals surface area contributed by atoms with Gasteiger partial charge in [0, 0.05) is 29.1 Å². The van der Waals surface area contributed by atoms with Crippen LogP contribution < -0.4 is 5.32 Å². The molecule has 6 heteroatoms. The highest BCUT2D eigenvalue weighted by molar-refractivity contribution is 9.10. The Bertz CT molecular complexity index is 715. The van der Waals surface area contributed by atoms with Crippen LogP contribution in [-0.2, 0) is 0 Å². The Morgan fingerprint density at radius 2 is 1.96 bits per heavy atom. The summed E-state index contributed by atoms with van der Waals surface area (Å²) in [5.41, 5.74) is 0.520. The highest BCUT2D eigenvalue weighted by Crippen LogP contribution is 2.36. The molecule has 0 spiro atoms. The second-order valence-corrected chi connectivity index (χ2v) is 7.57. The van der Waals surface area contributed by atoms with Crippen molar-refractivity contribution in [1.29, 1.82) is 0 Å². The lowest BCUT2D eigenvalue weighted by atomic mass is 9.90. The van der Waals surface area contributed by atoms with Crippen molar-refractivity contribution < 1.29 is 4.39 Å². The fourth-order valence-electron chi connectivity index (χ4n) is 3.31. The predicted molar refractivity (Wildman–Crippen MR) is 97.8 cm³/mol. The SMILES string of the molecule is CN(C)C1CCC(Nc2c(F)c(Br)cc3c(Cl)nccc23)CC1. The maximum absolute atomic E-state index is 14.6. The predicted octanol–water partition coefficient (Wildman–Crippen LogP) is 5.07. The van der Waals surface area contributed by atoms with E-state index < -0.39 is 0 Å². The van der Waals surface area contributed by atoms with Crippen LogP contribution in [0.5, 0.6) is 0 Å². The van der Waals surface area contributed by atoms with Crippen molar-refractivity contribution in [3.8, 4) is 0 Å². The smallest absolute Gasteiger partial charge is 0.161 e. The lowest BCUT2D eigenvalue weighted by Crippen LogP contribution is -2.36. The molecule has 1 fully saturated rings. The third-order valence-corrected chi connectivity index (χ3v) is 5.56. The summed E-state index contributed by atoms with van der Waals surface area (Å²) in [6.07, 6.45) is 5.94. The van der Waals surface area contributed by atoms with E-state index in [4.69, 9.17) is 11.6 Å². The van der Waals surface area contributed by atoms with Gasteiger partial charge < -0.3 is 10.2 Å². The van der Waals surface area contributed by atoms with Crippen molar-refractivity contribution in [2.24, 2.45) is 0 Å². The second-order valence-electron chi connectivity index (χ2n) is 6.36. The summed E-state index contributed by atoms with van der Waals surface area (Å²) >= 11 is 9.45. The number of rotatable bonds is 3. The van der Waals surface area contributed by atoms with Gasteiger partial charge in [0.05, 0.1) is 10.2 Å². The third kappa shape index (κ3) is 3.47. The van der Waals surface area contributed by atoms with E-state index in [-0.39, 0.29) is 11.9 Å². The van der Waals surface area contributed by atoms with Crippen LogP contribution in [0.4, 0.5) is 10.1 Å². The average molecular weight is 401 g/mol. The minimum atomic E-state index is -0.269. The zero-order chi connectivity index (χ0) is 16.6. The summed E-state index contributed by atoms with van der Waals surface area (Å²) in [5, 5.41) is 5.34. The molecule has 1 N–H and O–H groups in total. The van der Waals surface area contributed by atoms with Gasteiger partial charge >= 0.3 is 0 Å². The number of aromatic nitrogens is 1. The van der Waals surface area contributed by atoms with Gasteiger partial charge in [-0.15, -0.1) is 0 Å². The van der Waals surface area contributed by atoms with Gasteiger partial charge in [-0.25, -0.2) is 9.37 Å². The molecule has 1 heterocycles. The molecule has 0 radical (unpaired) electrons. The van der Waals surface area contributed by atoms with Crippen LogP contribution in [0.2, 0.25) is 5.15 Å². The average Bonchev–Trinajstić information content (AvgIpc) is 2.53. The molecule has 1 aromatic carbocycles. The number of hydrogen-bond acceptors (Lipinski definition) is 3. The molecule has 1 aliphatic carbocycles. The van der Waals surface area contributed by atoms with E-state index in [0.717, 1.165) is 36.5 Å². The van der Waals surface area contributed by atoms with E-state index in [2.05, 4.69) is 45.2 Å². The fraction of sp³-hybridized carbons (Fsp3) is 0.471. The number of anilines is 1. The van der Waals surface area contributed by atoms with E-state index in [0.29, 0.717) is 21.4 Å². The summed E-state index contributed by atoms with van der Waals surface area (Å²) in [6, 6.07) is 4.40. The molecule has 1 saturated carbocycles. The monoisotopic (exact) mass is 399 g/mol. The Balaban J connectivity index is 1.89. The van der Waals surface area contributed by atoms with Crippen LogP contribution in [-0.4, -0.2) is 36.1 Å². The number of halogens is 3. The zero-order valence-corrected chi connectivity index (χ0v) is 15.6. The van der Waals surface area contributed by atoms with Crippen molar-refractivity contribution in [3.05, 3.63) is 33.8 Å². The molecule has 0 unspecified atom stereocenters. The molecule has 0 amide bonds. The minimum absolute atomic E-state index is 0.269. The number of nitrogens with zero attached hydrogens (tertiary/aromatic N) is 2. The molecule has 1 aliphatic rings. The lowest BCUT2D eigenvalue weighted by molar-refractivity contribution is 0.221. The minimum Gasteiger partial charge on any atom is -0.379 e. The fourth-order valence-corrected chi connectivity index (χ4v) is 3.95. The van der Waals surface area contributed by atoms with Gasteiger partial charge in [-0.2, -0.15) is 0 Å². The molecule has 3 rings (SSSR count). The summed E-state index contributed by atoms with van der Waals surface area (Å²) < 4.78 is 15.0. The molecule has 0 atom stereocenters. The Labute approximate surface area is 149 Å². The van der Waals surface area contributed by atoms with Crippen molar-refractivity contribution in [1.82, 2.24) is 9.88 Å². The van der Waals surface area contributed by atoms with E-state index in [1.807, 2.05) is 6.07 Å². The molecule has 124 valence electrons. The molecule has 0 saturated heterocycles. The lowest BCUT2D eigenvalue weighted by Gasteiger charge is -2.33. The van der Waals surface area contributed by atoms with Crippen molar-refractivity contribution in [3.63, 3.8) is 0 Å². The number of nitrogens with one attached hydrogen (secondary N) is 1. The molecular weight excluding hydrogens is 381 g/mol. The highest BCUT2D eigenvalue weighted by atomic mass is 79.9. The third-order valence-electron chi connectivity index (χ3n) is 4.69. The van der Waals surface area contributed by atoms with Crippen molar-refractivity contribution in [2.75, 3.05) is 19.4 Å². The molecule has 0 bridgehead atoms. The standard InChI is InChI=1S/C17H20BrClFN3/c1-23(2)11-5-3-10(4-6-11)22-16-12-7-8-21-17(19)13(12)9-14(18)15(16)20/h7-11,22H,3-6H2,1-2H3. The van der Waals surface area contributed by atoms with E-state index in [1.165, 1.54) is 0 Å². The van der Waals surface area contributed by atoms with Gasteiger partial charge in [0.2, 0.25) is 0 Å². The van der Waals surface area contributed by atoms with Crippen LogP contribution in [0.25, 0.3) is 10.8 Å². The first-order valence-electron chi connectivity index (χ1n) is 7.82. The van der Waals surface area contributed by atoms with E-state index in [9.17, 15) is 4.39 Å². The van der Waals surface area contributed by atoms with E-state index in [1.54, 1.807) is 12.3 Å². The summed E-state index contributed by atoms with van der Waals surface area (Å²) in [5.74, 6) is -0.269. The number of fused-ring (bicyclic) bond motifs is 1. The maximum Gasteiger partial charge on any atom is 0.161 e. The van der Waals surface area contributed by atoms with Gasteiger partial charge in [-0.3, -0.25) is 0 Å². The molecular formula is C17H20BrClFN3. The van der Waals surface area contributed by atoms with Crippen LogP contribution in [0.15, 0.2) is 22.8 Å². The topological polar surface area (TPSA) is 28.2 Å². The molecule has 23 heavy (non-hydrogen) atoms. The van der Waals surface area contributed by atoms with Crippen LogP contribution >= 0.6 is 27.5 Å². The quantitative estimate of drug-likeness (QED) is 0.729. The van der Waals surface area contributed by atoms with Crippen LogP contribution in [0, 0.1) is 5.82 Å². The van der Waals surface area contributed by atoms with Gasteiger partial charge in [-0.1, -0.05) is 11.6 Å². The molecule has 0 aliphatic heterocycles. The largest absolute Gasteiger partial charge is 0.379 e. The van der Waals surface area contributed by atoms with Gasteiger partial charge in [0.25, 0.3) is 0 Å². The summed E-state index contributed by atoms with van der Waals surface area (Å²) in [4.78, 5) is 6.36. The summed E-state index contributed by atoms with van der Waals surface area (Å²) in [7, 11) is 4.24. The number of benzene rings is 1. The van der Waals surface area contributed by atoms with E-state index >= 15 is 0 Å². The van der Waals surface area contributed by atoms with Gasteiger partial charge in [0.15, 0.2) is 5.82 Å². The van der Waals surface area contributed by atoms with Gasteiger partial charge in [-0.05, 0) is 67.8 Å². The number of hydrogen-bond donors (Lipinski definition) is 1. The Hall–Kier alpha value is -0.910. The second kappa shape index (κ2) is 6.91. The molecule has 2 aromatic rings. The van der Waals surface area contributed by atoms with Crippen LogP contribution in [0.3, 0.4) is 0 Å². The molecule has 3 nitrogen and oxygen atoms in total. The maximum atomic E-state index is 14.6. The van der Waals surface area contributed by atoms with Crippen molar-refractivity contribution >= 4 is 44.0 Å². The zero-order valence-electron chi connectivity index (χ0n) is 13.2. The first-order valence-corrected chi connectivity index (χ1v) is 8.99. The van der Waals surface area contributed by atoms with Crippen LogP contribution in [0.1, 0.15) is 25.7 Å². The van der Waals surface area contributed by atoms with Crippen molar-refractivity contribution in [2.45, 2.75) is 37.8 Å². The Morgan fingerprint density at radius 1 is 1.26 bits per heavy atom. The number of pyridine rings is 1. The summed E-state index contributed by atoms with van der Waals surface area (Å²) in [6.45, 7) is 0. The Kier molecular flexibility index (Phi) is 5.09. The first kappa shape index (κ1) is 16.9. The normalized spacial score (nSPS) is 21.8.